The minimum Gasteiger partial charge on any atom is -0.360 e. The molecule has 0 heterocycles. The zero-order valence-electron chi connectivity index (χ0n) is 9.10. The number of benzene rings is 1. The molecule has 0 atom stereocenters. The van der Waals surface area contributed by atoms with Crippen molar-refractivity contribution in [3.8, 4) is 0 Å². The van der Waals surface area contributed by atoms with Gasteiger partial charge in [0.25, 0.3) is 0 Å². The molecule has 1 aromatic rings. The number of anilines is 1. The molecule has 1 aromatic carbocycles. The van der Waals surface area contributed by atoms with Crippen molar-refractivity contribution < 1.29 is 0 Å². The van der Waals surface area contributed by atoms with Crippen molar-refractivity contribution in [3.63, 3.8) is 0 Å². The maximum atomic E-state index is 5.17. The predicted octanol–water partition coefficient (Wildman–Crippen LogP) is 3.45. The molecule has 15 heavy (non-hydrogen) atoms. The van der Waals surface area contributed by atoms with Gasteiger partial charge in [0.1, 0.15) is 0 Å². The van der Waals surface area contributed by atoms with Crippen LogP contribution >= 0.6 is 28.1 Å². The number of nitrogens with one attached hydrogen (secondary N) is 2. The third kappa shape index (κ3) is 4.18. The Labute approximate surface area is 105 Å². The van der Waals surface area contributed by atoms with Crippen LogP contribution in [-0.2, 0) is 0 Å². The number of halogens is 1. The number of thiocarbonyl (C=S) groups is 1. The Morgan fingerprint density at radius 1 is 1.40 bits per heavy atom. The van der Waals surface area contributed by atoms with Gasteiger partial charge in [0.15, 0.2) is 5.11 Å². The first-order valence-corrected chi connectivity index (χ1v) is 6.03. The average molecular weight is 287 g/mol. The molecule has 0 amide bonds. The highest BCUT2D eigenvalue weighted by Gasteiger charge is 2.03. The maximum absolute atomic E-state index is 5.17. The summed E-state index contributed by atoms with van der Waals surface area (Å²) in [4.78, 5) is 0. The first-order valence-electron chi connectivity index (χ1n) is 4.82. The Morgan fingerprint density at radius 2 is 2.07 bits per heavy atom. The van der Waals surface area contributed by atoms with Gasteiger partial charge in [0, 0.05) is 10.5 Å². The van der Waals surface area contributed by atoms with Gasteiger partial charge in [-0.05, 0) is 66.6 Å². The highest BCUT2D eigenvalue weighted by Crippen LogP contribution is 2.23. The molecule has 2 N–H and O–H groups in total. The van der Waals surface area contributed by atoms with E-state index in [1.54, 1.807) is 0 Å². The van der Waals surface area contributed by atoms with Gasteiger partial charge in [0.05, 0.1) is 5.69 Å². The lowest BCUT2D eigenvalue weighted by Gasteiger charge is -2.14. The molecule has 0 spiro atoms. The van der Waals surface area contributed by atoms with Gasteiger partial charge in [-0.25, -0.2) is 0 Å². The lowest BCUT2D eigenvalue weighted by molar-refractivity contribution is 0.739. The molecule has 82 valence electrons. The highest BCUT2D eigenvalue weighted by molar-refractivity contribution is 9.10. The number of hydrogen-bond donors (Lipinski definition) is 2. The van der Waals surface area contributed by atoms with Gasteiger partial charge in [-0.2, -0.15) is 0 Å². The van der Waals surface area contributed by atoms with Crippen LogP contribution in [0.3, 0.4) is 0 Å². The number of rotatable bonds is 2. The summed E-state index contributed by atoms with van der Waals surface area (Å²) >= 11 is 8.65. The largest absolute Gasteiger partial charge is 0.360 e. The van der Waals surface area contributed by atoms with Crippen molar-refractivity contribution >= 4 is 38.9 Å². The van der Waals surface area contributed by atoms with E-state index in [1.165, 1.54) is 5.56 Å². The fourth-order valence-electron chi connectivity index (χ4n) is 1.16. The number of hydrogen-bond acceptors (Lipinski definition) is 1. The van der Waals surface area contributed by atoms with E-state index >= 15 is 0 Å². The van der Waals surface area contributed by atoms with Crippen LogP contribution in [0, 0.1) is 6.92 Å². The van der Waals surface area contributed by atoms with Crippen LogP contribution in [0.25, 0.3) is 0 Å². The van der Waals surface area contributed by atoms with Crippen molar-refractivity contribution in [2.45, 2.75) is 26.8 Å². The topological polar surface area (TPSA) is 24.1 Å². The maximum Gasteiger partial charge on any atom is 0.171 e. The summed E-state index contributed by atoms with van der Waals surface area (Å²) < 4.78 is 1.01. The Kier molecular flexibility index (Phi) is 4.54. The minimum atomic E-state index is 0.341. The van der Waals surface area contributed by atoms with Crippen molar-refractivity contribution in [2.24, 2.45) is 0 Å². The number of aryl methyl sites for hydroxylation is 1. The summed E-state index contributed by atoms with van der Waals surface area (Å²) in [6, 6.07) is 6.45. The second-order valence-electron chi connectivity index (χ2n) is 3.74. The summed E-state index contributed by atoms with van der Waals surface area (Å²) in [7, 11) is 0. The molecule has 0 radical (unpaired) electrons. The highest BCUT2D eigenvalue weighted by atomic mass is 79.9. The monoisotopic (exact) mass is 286 g/mol. The molecule has 0 aromatic heterocycles. The summed E-state index contributed by atoms with van der Waals surface area (Å²) in [6.07, 6.45) is 0. The normalized spacial score (nSPS) is 10.2. The minimum absolute atomic E-state index is 0.341. The first-order chi connectivity index (χ1) is 6.99. The van der Waals surface area contributed by atoms with E-state index in [1.807, 2.05) is 12.1 Å². The van der Waals surface area contributed by atoms with Crippen LogP contribution in [0.2, 0.25) is 0 Å². The van der Waals surface area contributed by atoms with Crippen LogP contribution < -0.4 is 10.6 Å². The molecule has 4 heteroatoms. The molecule has 0 bridgehead atoms. The second-order valence-corrected chi connectivity index (χ2v) is 5.00. The standard InChI is InChI=1S/C11H15BrN2S/c1-7(2)13-11(15)14-10-6-8(3)4-5-9(10)12/h4-7H,1-3H3,(H2,13,14,15). The lowest BCUT2D eigenvalue weighted by atomic mass is 10.2. The van der Waals surface area contributed by atoms with Gasteiger partial charge < -0.3 is 10.6 Å². The van der Waals surface area contributed by atoms with Gasteiger partial charge >= 0.3 is 0 Å². The first kappa shape index (κ1) is 12.5. The fraction of sp³-hybridized carbons (Fsp3) is 0.364. The third-order valence-corrected chi connectivity index (χ3v) is 2.70. The molecule has 0 saturated heterocycles. The van der Waals surface area contributed by atoms with Crippen LogP contribution in [0.1, 0.15) is 19.4 Å². The van der Waals surface area contributed by atoms with Gasteiger partial charge in [0.2, 0.25) is 0 Å². The SMILES string of the molecule is Cc1ccc(Br)c(NC(=S)NC(C)C)c1. The summed E-state index contributed by atoms with van der Waals surface area (Å²) in [5.41, 5.74) is 2.20. The summed E-state index contributed by atoms with van der Waals surface area (Å²) in [5, 5.41) is 6.94. The van der Waals surface area contributed by atoms with Crippen molar-refractivity contribution in [1.29, 1.82) is 0 Å². The van der Waals surface area contributed by atoms with Crippen LogP contribution in [0.15, 0.2) is 22.7 Å². The Bertz CT molecular complexity index is 364. The van der Waals surface area contributed by atoms with Crippen LogP contribution in [-0.4, -0.2) is 11.2 Å². The molecule has 0 unspecified atom stereocenters. The van der Waals surface area contributed by atoms with E-state index in [0.717, 1.165) is 10.2 Å². The zero-order chi connectivity index (χ0) is 11.4. The molecular formula is C11H15BrN2S. The van der Waals surface area contributed by atoms with Gasteiger partial charge in [-0.3, -0.25) is 0 Å². The van der Waals surface area contributed by atoms with E-state index in [-0.39, 0.29) is 0 Å². The molecule has 0 fully saturated rings. The van der Waals surface area contributed by atoms with Crippen molar-refractivity contribution in [2.75, 3.05) is 5.32 Å². The Morgan fingerprint density at radius 3 is 2.67 bits per heavy atom. The fourth-order valence-corrected chi connectivity index (χ4v) is 1.85. The van der Waals surface area contributed by atoms with E-state index in [2.05, 4.69) is 53.4 Å². The lowest BCUT2D eigenvalue weighted by Crippen LogP contribution is -2.34. The molecule has 0 aliphatic carbocycles. The average Bonchev–Trinajstić information content (AvgIpc) is 2.10. The van der Waals surface area contributed by atoms with Crippen LogP contribution in [0.4, 0.5) is 5.69 Å². The van der Waals surface area contributed by atoms with E-state index < -0.39 is 0 Å². The summed E-state index contributed by atoms with van der Waals surface area (Å²) in [6.45, 7) is 6.16. The molecule has 1 rings (SSSR count). The summed E-state index contributed by atoms with van der Waals surface area (Å²) in [5.74, 6) is 0. The van der Waals surface area contributed by atoms with Crippen molar-refractivity contribution in [1.82, 2.24) is 5.32 Å². The smallest absolute Gasteiger partial charge is 0.171 e. The van der Waals surface area contributed by atoms with Crippen LogP contribution in [0.5, 0.6) is 0 Å². The van der Waals surface area contributed by atoms with E-state index in [0.29, 0.717) is 11.2 Å². The Balaban J connectivity index is 2.71. The molecular weight excluding hydrogens is 272 g/mol. The van der Waals surface area contributed by atoms with Crippen molar-refractivity contribution in [3.05, 3.63) is 28.2 Å². The third-order valence-electron chi connectivity index (χ3n) is 1.79. The second kappa shape index (κ2) is 5.47. The molecule has 0 aliphatic rings. The quantitative estimate of drug-likeness (QED) is 0.815. The molecule has 0 aliphatic heterocycles. The Hall–Kier alpha value is -0.610. The van der Waals surface area contributed by atoms with Gasteiger partial charge in [-0.15, -0.1) is 0 Å². The van der Waals surface area contributed by atoms with E-state index in [4.69, 9.17) is 12.2 Å². The van der Waals surface area contributed by atoms with E-state index in [9.17, 15) is 0 Å². The van der Waals surface area contributed by atoms with Gasteiger partial charge in [-0.1, -0.05) is 6.07 Å². The zero-order valence-corrected chi connectivity index (χ0v) is 11.5. The molecule has 0 saturated carbocycles. The predicted molar refractivity (Wildman–Crippen MR) is 73.4 cm³/mol. The molecule has 2 nitrogen and oxygen atoms in total.